The second-order valence-electron chi connectivity index (χ2n) is 7.80. The van der Waals surface area contributed by atoms with Crippen molar-refractivity contribution >= 4 is 5.91 Å². The van der Waals surface area contributed by atoms with E-state index in [2.05, 4.69) is 5.32 Å². The first-order chi connectivity index (χ1) is 10.7. The van der Waals surface area contributed by atoms with Gasteiger partial charge in [0.15, 0.2) is 0 Å². The average molecular weight is 309 g/mol. The molecule has 0 unspecified atom stereocenters. The van der Waals surface area contributed by atoms with Crippen molar-refractivity contribution < 1.29 is 14.6 Å². The van der Waals surface area contributed by atoms with Gasteiger partial charge in [-0.15, -0.1) is 0 Å². The number of amides is 1. The fraction of sp³-hybridized carbons (Fsp3) is 0.944. The molecule has 0 aromatic rings. The van der Waals surface area contributed by atoms with E-state index < -0.39 is 0 Å². The van der Waals surface area contributed by atoms with Gasteiger partial charge in [0.1, 0.15) is 0 Å². The summed E-state index contributed by atoms with van der Waals surface area (Å²) in [4.78, 5) is 12.5. The number of aliphatic hydroxyl groups is 1. The molecular weight excluding hydrogens is 278 g/mol. The molecule has 1 heterocycles. The van der Waals surface area contributed by atoms with Crippen LogP contribution in [0.15, 0.2) is 0 Å². The molecule has 0 spiro atoms. The quantitative estimate of drug-likeness (QED) is 0.839. The zero-order chi connectivity index (χ0) is 15.4. The van der Waals surface area contributed by atoms with E-state index in [9.17, 15) is 9.90 Å². The van der Waals surface area contributed by atoms with Crippen LogP contribution in [0.5, 0.6) is 0 Å². The lowest BCUT2D eigenvalue weighted by Crippen LogP contribution is -2.46. The van der Waals surface area contributed by atoms with Crippen LogP contribution < -0.4 is 5.32 Å². The molecule has 0 aromatic heterocycles. The van der Waals surface area contributed by atoms with E-state index in [0.717, 1.165) is 37.5 Å². The minimum atomic E-state index is -0.157. The molecule has 2 saturated carbocycles. The molecule has 1 saturated heterocycles. The maximum absolute atomic E-state index is 12.5. The number of carbonyl (C=O) groups is 1. The summed E-state index contributed by atoms with van der Waals surface area (Å²) in [5.74, 6) is 2.10. The van der Waals surface area contributed by atoms with Gasteiger partial charge >= 0.3 is 0 Å². The van der Waals surface area contributed by atoms with E-state index >= 15 is 0 Å². The van der Waals surface area contributed by atoms with Gasteiger partial charge in [-0.05, 0) is 43.9 Å². The first-order valence-corrected chi connectivity index (χ1v) is 9.19. The predicted molar refractivity (Wildman–Crippen MR) is 85.4 cm³/mol. The Morgan fingerprint density at radius 1 is 1.09 bits per heavy atom. The van der Waals surface area contributed by atoms with Crippen molar-refractivity contribution in [2.24, 2.45) is 23.2 Å². The lowest BCUT2D eigenvalue weighted by atomic mass is 9.67. The molecule has 3 aliphatic rings. The van der Waals surface area contributed by atoms with Crippen LogP contribution in [0.25, 0.3) is 0 Å². The Hall–Kier alpha value is -0.610. The molecule has 2 N–H and O–H groups in total. The number of nitrogens with one attached hydrogen (secondary N) is 1. The van der Waals surface area contributed by atoms with Crippen LogP contribution in [0.2, 0.25) is 0 Å². The summed E-state index contributed by atoms with van der Waals surface area (Å²) >= 11 is 0. The van der Waals surface area contributed by atoms with E-state index in [1.807, 2.05) is 0 Å². The molecule has 0 bridgehead atoms. The van der Waals surface area contributed by atoms with Gasteiger partial charge in [-0.25, -0.2) is 0 Å². The predicted octanol–water partition coefficient (Wildman–Crippen LogP) is 2.50. The molecule has 0 aromatic carbocycles. The number of hydrogen-bond acceptors (Lipinski definition) is 3. The fourth-order valence-electron chi connectivity index (χ4n) is 4.73. The zero-order valence-electron chi connectivity index (χ0n) is 13.7. The Morgan fingerprint density at radius 3 is 2.55 bits per heavy atom. The third kappa shape index (κ3) is 3.65. The van der Waals surface area contributed by atoms with Crippen LogP contribution in [0.3, 0.4) is 0 Å². The lowest BCUT2D eigenvalue weighted by molar-refractivity contribution is -0.128. The minimum absolute atomic E-state index is 0.145. The Morgan fingerprint density at radius 2 is 1.82 bits per heavy atom. The molecule has 126 valence electrons. The summed E-state index contributed by atoms with van der Waals surface area (Å²) in [6.45, 7) is 2.15. The largest absolute Gasteiger partial charge is 0.396 e. The van der Waals surface area contributed by atoms with Crippen LogP contribution in [0, 0.1) is 23.2 Å². The van der Waals surface area contributed by atoms with Crippen molar-refractivity contribution in [2.75, 3.05) is 26.4 Å². The molecule has 2 aliphatic carbocycles. The SMILES string of the molecule is O=C(NCC1(CO)CCOCC1)[C@@H]1CC[C@H]2CCCC[C@H]2C1. The molecule has 3 atom stereocenters. The molecule has 3 rings (SSSR count). The summed E-state index contributed by atoms with van der Waals surface area (Å²) in [7, 11) is 0. The van der Waals surface area contributed by atoms with Gasteiger partial charge in [0.2, 0.25) is 5.91 Å². The van der Waals surface area contributed by atoms with Gasteiger partial charge in [-0.2, -0.15) is 0 Å². The van der Waals surface area contributed by atoms with Gasteiger partial charge in [0, 0.05) is 31.1 Å². The maximum atomic E-state index is 12.5. The fourth-order valence-corrected chi connectivity index (χ4v) is 4.73. The second-order valence-corrected chi connectivity index (χ2v) is 7.80. The van der Waals surface area contributed by atoms with E-state index in [-0.39, 0.29) is 23.8 Å². The molecule has 22 heavy (non-hydrogen) atoms. The van der Waals surface area contributed by atoms with Crippen LogP contribution in [0.4, 0.5) is 0 Å². The number of hydrogen-bond donors (Lipinski definition) is 2. The van der Waals surface area contributed by atoms with Gasteiger partial charge in [0.25, 0.3) is 0 Å². The highest BCUT2D eigenvalue weighted by Crippen LogP contribution is 2.42. The first-order valence-electron chi connectivity index (χ1n) is 9.19. The highest BCUT2D eigenvalue weighted by molar-refractivity contribution is 5.78. The number of aliphatic hydroxyl groups excluding tert-OH is 1. The van der Waals surface area contributed by atoms with E-state index in [0.29, 0.717) is 19.8 Å². The Bertz CT molecular complexity index is 379. The number of fused-ring (bicyclic) bond motifs is 1. The molecule has 1 amide bonds. The number of ether oxygens (including phenoxy) is 1. The van der Waals surface area contributed by atoms with Crippen LogP contribution in [-0.4, -0.2) is 37.4 Å². The van der Waals surface area contributed by atoms with Crippen molar-refractivity contribution in [3.63, 3.8) is 0 Å². The lowest BCUT2D eigenvalue weighted by Gasteiger charge is -2.39. The molecular formula is C18H31NO3. The molecule has 0 radical (unpaired) electrons. The van der Waals surface area contributed by atoms with Gasteiger partial charge < -0.3 is 15.2 Å². The van der Waals surface area contributed by atoms with E-state index in [4.69, 9.17) is 4.74 Å². The third-order valence-electron chi connectivity index (χ3n) is 6.44. The number of carbonyl (C=O) groups excluding carboxylic acids is 1. The van der Waals surface area contributed by atoms with Crippen molar-refractivity contribution in [1.29, 1.82) is 0 Å². The van der Waals surface area contributed by atoms with Crippen LogP contribution in [0.1, 0.15) is 57.8 Å². The summed E-state index contributed by atoms with van der Waals surface area (Å²) in [5, 5.41) is 12.9. The molecule has 3 fully saturated rings. The second kappa shape index (κ2) is 7.31. The molecule has 4 heteroatoms. The summed E-state index contributed by atoms with van der Waals surface area (Å²) in [5.41, 5.74) is -0.157. The topological polar surface area (TPSA) is 58.6 Å². The summed E-state index contributed by atoms with van der Waals surface area (Å²) in [6, 6.07) is 0. The maximum Gasteiger partial charge on any atom is 0.223 e. The smallest absolute Gasteiger partial charge is 0.223 e. The van der Waals surface area contributed by atoms with Crippen molar-refractivity contribution in [2.45, 2.75) is 57.8 Å². The van der Waals surface area contributed by atoms with Crippen molar-refractivity contribution in [3.05, 3.63) is 0 Å². The molecule has 4 nitrogen and oxygen atoms in total. The highest BCUT2D eigenvalue weighted by Gasteiger charge is 2.37. The van der Waals surface area contributed by atoms with Crippen LogP contribution >= 0.6 is 0 Å². The summed E-state index contributed by atoms with van der Waals surface area (Å²) in [6.07, 6.45) is 10.5. The Balaban J connectivity index is 1.49. The van der Waals surface area contributed by atoms with Gasteiger partial charge in [-0.1, -0.05) is 25.7 Å². The van der Waals surface area contributed by atoms with E-state index in [1.165, 1.54) is 32.1 Å². The number of rotatable bonds is 4. The molecule has 1 aliphatic heterocycles. The monoisotopic (exact) mass is 309 g/mol. The Labute approximate surface area is 134 Å². The average Bonchev–Trinajstić information content (AvgIpc) is 2.60. The zero-order valence-corrected chi connectivity index (χ0v) is 13.7. The van der Waals surface area contributed by atoms with Crippen LogP contribution in [-0.2, 0) is 9.53 Å². The van der Waals surface area contributed by atoms with Gasteiger partial charge in [-0.3, -0.25) is 4.79 Å². The van der Waals surface area contributed by atoms with E-state index in [1.54, 1.807) is 0 Å². The summed E-state index contributed by atoms with van der Waals surface area (Å²) < 4.78 is 5.39. The first kappa shape index (κ1) is 16.3. The van der Waals surface area contributed by atoms with Gasteiger partial charge in [0.05, 0.1) is 6.61 Å². The Kier molecular flexibility index (Phi) is 5.40. The standard InChI is InChI=1S/C18H31NO3/c20-13-18(7-9-22-10-8-18)12-19-17(21)16-6-5-14-3-1-2-4-15(14)11-16/h14-16,20H,1-13H2,(H,19,21)/t14-,15+,16-/m1/s1. The third-order valence-corrected chi connectivity index (χ3v) is 6.44. The highest BCUT2D eigenvalue weighted by atomic mass is 16.5. The minimum Gasteiger partial charge on any atom is -0.396 e. The van der Waals surface area contributed by atoms with Crippen molar-refractivity contribution in [3.8, 4) is 0 Å². The normalized spacial score (nSPS) is 34.7. The van der Waals surface area contributed by atoms with Crippen molar-refractivity contribution in [1.82, 2.24) is 5.32 Å².